The molecule has 0 aliphatic carbocycles. The summed E-state index contributed by atoms with van der Waals surface area (Å²) >= 11 is 3.48. The highest BCUT2D eigenvalue weighted by atomic mass is 79.9. The number of aryl methyl sites for hydroxylation is 1. The number of benzene rings is 2. The van der Waals surface area contributed by atoms with Crippen molar-refractivity contribution in [2.75, 3.05) is 18.0 Å². The number of para-hydroxylation sites is 1. The van der Waals surface area contributed by atoms with E-state index in [1.807, 2.05) is 42.5 Å². The van der Waals surface area contributed by atoms with Gasteiger partial charge in [0.2, 0.25) is 0 Å². The highest BCUT2D eigenvalue weighted by Crippen LogP contribution is 2.34. The van der Waals surface area contributed by atoms with Crippen molar-refractivity contribution in [3.63, 3.8) is 0 Å². The van der Waals surface area contributed by atoms with E-state index >= 15 is 0 Å². The minimum atomic E-state index is -0.259. The van der Waals surface area contributed by atoms with Gasteiger partial charge in [-0.15, -0.1) is 0 Å². The molecule has 0 amide bonds. The maximum Gasteiger partial charge on any atom is 0.252 e. The molecule has 0 spiro atoms. The topological polar surface area (TPSA) is 51.3 Å². The molecule has 142 valence electrons. The summed E-state index contributed by atoms with van der Waals surface area (Å²) in [6.45, 7) is 1.52. The zero-order chi connectivity index (χ0) is 20.1. The number of nitrogens with zero attached hydrogens (tertiary/aromatic N) is 3. The van der Waals surface area contributed by atoms with E-state index in [4.69, 9.17) is 5.79 Å². The molecule has 0 atom stereocenters. The molecule has 2 aromatic carbocycles. The van der Waals surface area contributed by atoms with E-state index in [-0.39, 0.29) is 17.5 Å². The van der Waals surface area contributed by atoms with Crippen LogP contribution < -0.4 is 10.5 Å². The third-order valence-electron chi connectivity index (χ3n) is 5.58. The van der Waals surface area contributed by atoms with Crippen molar-refractivity contribution in [3.8, 4) is 0 Å². The van der Waals surface area contributed by atoms with E-state index in [9.17, 15) is 4.79 Å². The van der Waals surface area contributed by atoms with Gasteiger partial charge in [0, 0.05) is 42.0 Å². The van der Waals surface area contributed by atoms with Gasteiger partial charge in [-0.1, -0.05) is 34.1 Å². The van der Waals surface area contributed by atoms with Gasteiger partial charge in [-0.2, -0.15) is 0 Å². The number of halogens is 1. The summed E-state index contributed by atoms with van der Waals surface area (Å²) in [7, 11) is 1.73. The van der Waals surface area contributed by atoms with Crippen LogP contribution in [-0.4, -0.2) is 22.6 Å². The standard InChI is InChI=1S/C22H20BrN3O2/c1-25-18-5-3-2-4-16(18)19(13-21(25)27)26-10-8-14(9-11-26)22-24-17-12-15(23)6-7-20(17)28-22/h2-7,12-14H,8-11H2,1H3/i13D. The van der Waals surface area contributed by atoms with Gasteiger partial charge >= 0.3 is 0 Å². The lowest BCUT2D eigenvalue weighted by Gasteiger charge is -2.33. The lowest BCUT2D eigenvalue weighted by Crippen LogP contribution is -2.34. The van der Waals surface area contributed by atoms with Crippen LogP contribution in [0.4, 0.5) is 5.69 Å². The van der Waals surface area contributed by atoms with Crippen LogP contribution in [0.2, 0.25) is 0 Å². The fourth-order valence-electron chi connectivity index (χ4n) is 4.02. The molecule has 3 heterocycles. The molecule has 0 N–H and O–H groups in total. The molecule has 4 aromatic rings. The molecule has 5 nitrogen and oxygen atoms in total. The molecule has 5 rings (SSSR count). The summed E-state index contributed by atoms with van der Waals surface area (Å²) in [6, 6.07) is 13.7. The van der Waals surface area contributed by atoms with Crippen LogP contribution in [0.3, 0.4) is 0 Å². The number of hydrogen-bond donors (Lipinski definition) is 0. The molecule has 1 saturated heterocycles. The Kier molecular flexibility index (Phi) is 3.96. The monoisotopic (exact) mass is 438 g/mol. The minimum absolute atomic E-state index is 0.0661. The third-order valence-corrected chi connectivity index (χ3v) is 6.07. The van der Waals surface area contributed by atoms with Crippen LogP contribution >= 0.6 is 15.9 Å². The second-order valence-electron chi connectivity index (χ2n) is 7.28. The first kappa shape index (κ1) is 16.4. The van der Waals surface area contributed by atoms with Gasteiger partial charge in [-0.25, -0.2) is 4.98 Å². The lowest BCUT2D eigenvalue weighted by molar-refractivity contribution is 0.407. The molecule has 0 unspecified atom stereocenters. The molecule has 0 saturated carbocycles. The Balaban J connectivity index is 1.45. The summed E-state index contributed by atoms with van der Waals surface area (Å²) in [5.74, 6) is 1.02. The van der Waals surface area contributed by atoms with E-state index < -0.39 is 0 Å². The average Bonchev–Trinajstić information content (AvgIpc) is 3.16. The lowest BCUT2D eigenvalue weighted by atomic mass is 9.96. The molecule has 2 aromatic heterocycles. The number of rotatable bonds is 2. The van der Waals surface area contributed by atoms with Crippen molar-refractivity contribution < 1.29 is 5.79 Å². The largest absolute Gasteiger partial charge is 0.440 e. The van der Waals surface area contributed by atoms with Gasteiger partial charge in [-0.3, -0.25) is 4.79 Å². The first-order chi connectivity index (χ1) is 14.0. The normalized spacial score (nSPS) is 16.1. The number of piperidine rings is 1. The first-order valence-electron chi connectivity index (χ1n) is 9.92. The summed E-state index contributed by atoms with van der Waals surface area (Å²) < 4.78 is 17.0. The maximum atomic E-state index is 12.6. The van der Waals surface area contributed by atoms with E-state index in [1.165, 1.54) is 0 Å². The number of aromatic nitrogens is 2. The summed E-state index contributed by atoms with van der Waals surface area (Å²) in [5.41, 5.74) is 3.00. The molecule has 1 aliphatic rings. The zero-order valence-corrected chi connectivity index (χ0v) is 17.1. The third kappa shape index (κ3) is 2.92. The van der Waals surface area contributed by atoms with E-state index in [0.29, 0.717) is 0 Å². The van der Waals surface area contributed by atoms with Crippen LogP contribution in [0.5, 0.6) is 0 Å². The summed E-state index contributed by atoms with van der Waals surface area (Å²) in [4.78, 5) is 19.4. The molecule has 28 heavy (non-hydrogen) atoms. The van der Waals surface area contributed by atoms with Crippen LogP contribution in [0.1, 0.15) is 26.0 Å². The molecule has 1 fully saturated rings. The summed E-state index contributed by atoms with van der Waals surface area (Å²) in [6.07, 6.45) is 1.74. The van der Waals surface area contributed by atoms with E-state index in [1.54, 1.807) is 11.6 Å². The highest BCUT2D eigenvalue weighted by Gasteiger charge is 2.26. The number of hydrogen-bond acceptors (Lipinski definition) is 4. The molecule has 0 bridgehead atoms. The van der Waals surface area contributed by atoms with Crippen molar-refractivity contribution in [1.29, 1.82) is 0 Å². The predicted octanol–water partition coefficient (Wildman–Crippen LogP) is 4.83. The Bertz CT molecular complexity index is 1290. The van der Waals surface area contributed by atoms with Crippen molar-refractivity contribution in [2.45, 2.75) is 18.8 Å². The molecule has 1 aliphatic heterocycles. The van der Waals surface area contributed by atoms with Crippen molar-refractivity contribution >= 4 is 43.6 Å². The highest BCUT2D eigenvalue weighted by molar-refractivity contribution is 9.10. The van der Waals surface area contributed by atoms with Crippen molar-refractivity contribution in [3.05, 3.63) is 69.2 Å². The molecular weight excluding hydrogens is 418 g/mol. The minimum Gasteiger partial charge on any atom is -0.440 e. The van der Waals surface area contributed by atoms with E-state index in [0.717, 1.165) is 64.0 Å². The van der Waals surface area contributed by atoms with Gasteiger partial charge in [0.05, 0.1) is 12.6 Å². The second-order valence-corrected chi connectivity index (χ2v) is 8.20. The number of oxazole rings is 1. The Morgan fingerprint density at radius 2 is 2.00 bits per heavy atom. The quantitative estimate of drug-likeness (QED) is 0.449. The van der Waals surface area contributed by atoms with Gasteiger partial charge in [0.25, 0.3) is 5.56 Å². The Labute approximate surface area is 172 Å². The predicted molar refractivity (Wildman–Crippen MR) is 115 cm³/mol. The summed E-state index contributed by atoms with van der Waals surface area (Å²) in [5, 5.41) is 0.949. The van der Waals surface area contributed by atoms with Crippen molar-refractivity contribution in [1.82, 2.24) is 9.55 Å². The van der Waals surface area contributed by atoms with Crippen molar-refractivity contribution in [2.24, 2.45) is 7.05 Å². The second kappa shape index (κ2) is 6.78. The van der Waals surface area contributed by atoms with Gasteiger partial charge < -0.3 is 13.9 Å². The van der Waals surface area contributed by atoms with Crippen LogP contribution in [0, 0.1) is 0 Å². The number of pyridine rings is 1. The Morgan fingerprint density at radius 1 is 1.21 bits per heavy atom. The average molecular weight is 439 g/mol. The Morgan fingerprint density at radius 3 is 2.82 bits per heavy atom. The van der Waals surface area contributed by atoms with E-state index in [2.05, 4.69) is 25.8 Å². The van der Waals surface area contributed by atoms with Gasteiger partial charge in [-0.05, 0) is 37.1 Å². The maximum absolute atomic E-state index is 12.6. The van der Waals surface area contributed by atoms with Crippen LogP contribution in [0.15, 0.2) is 62.2 Å². The van der Waals surface area contributed by atoms with Gasteiger partial charge in [0.1, 0.15) is 5.52 Å². The fourth-order valence-corrected chi connectivity index (χ4v) is 4.37. The smallest absolute Gasteiger partial charge is 0.252 e. The molecular formula is C22H20BrN3O2. The van der Waals surface area contributed by atoms with Crippen LogP contribution in [-0.2, 0) is 7.05 Å². The number of anilines is 1. The first-order valence-corrected chi connectivity index (χ1v) is 10.2. The Hall–Kier alpha value is -2.60. The number of fused-ring (bicyclic) bond motifs is 2. The van der Waals surface area contributed by atoms with Gasteiger partial charge in [0.15, 0.2) is 11.5 Å². The molecule has 6 heteroatoms. The zero-order valence-electron chi connectivity index (χ0n) is 16.5. The fraction of sp³-hybridized carbons (Fsp3) is 0.273. The SMILES string of the molecule is [2H]c1c(N2CCC(c3nc4cc(Br)ccc4o3)CC2)c2ccccc2n(C)c1=O. The van der Waals surface area contributed by atoms with Crippen LogP contribution in [0.25, 0.3) is 22.0 Å². The molecule has 0 radical (unpaired) electrons.